The maximum Gasteiger partial charge on any atom is 0.0646 e. The highest BCUT2D eigenvalue weighted by molar-refractivity contribution is 5.99. The van der Waals surface area contributed by atoms with Crippen LogP contribution in [0.3, 0.4) is 0 Å². The molecule has 1 aromatic heterocycles. The molecule has 0 bridgehead atoms. The van der Waals surface area contributed by atoms with Crippen molar-refractivity contribution in [1.82, 2.24) is 4.98 Å². The molecule has 0 fully saturated rings. The molecule has 3 nitrogen and oxygen atoms in total. The summed E-state index contributed by atoms with van der Waals surface area (Å²) in [5, 5.41) is 2.04. The summed E-state index contributed by atoms with van der Waals surface area (Å²) in [6.07, 6.45) is 2.57. The predicted molar refractivity (Wildman–Crippen MR) is 79.8 cm³/mol. The van der Waals surface area contributed by atoms with Gasteiger partial charge in [-0.15, -0.1) is 0 Å². The molecule has 0 radical (unpaired) electrons. The first-order chi connectivity index (χ1) is 9.25. The van der Waals surface area contributed by atoms with Crippen molar-refractivity contribution in [2.24, 2.45) is 0 Å². The SMILES string of the molecule is Nc1ccc2ccnc(Cc3ccccc3)c2c1N. The van der Waals surface area contributed by atoms with E-state index in [4.69, 9.17) is 11.5 Å². The number of anilines is 2. The van der Waals surface area contributed by atoms with Crippen LogP contribution < -0.4 is 11.5 Å². The lowest BCUT2D eigenvalue weighted by Crippen LogP contribution is -2.00. The van der Waals surface area contributed by atoms with Gasteiger partial charge in [0.15, 0.2) is 0 Å². The highest BCUT2D eigenvalue weighted by atomic mass is 14.7. The summed E-state index contributed by atoms with van der Waals surface area (Å²) in [5.41, 5.74) is 15.4. The van der Waals surface area contributed by atoms with Crippen molar-refractivity contribution < 1.29 is 0 Å². The molecule has 2 aromatic carbocycles. The van der Waals surface area contributed by atoms with E-state index in [1.807, 2.05) is 42.6 Å². The lowest BCUT2D eigenvalue weighted by molar-refractivity contribution is 1.10. The Morgan fingerprint density at radius 3 is 2.47 bits per heavy atom. The Morgan fingerprint density at radius 2 is 1.68 bits per heavy atom. The minimum atomic E-state index is 0.606. The maximum absolute atomic E-state index is 6.11. The molecule has 3 aromatic rings. The quantitative estimate of drug-likeness (QED) is 0.686. The van der Waals surface area contributed by atoms with Gasteiger partial charge in [0.25, 0.3) is 0 Å². The summed E-state index contributed by atoms with van der Waals surface area (Å²) in [6, 6.07) is 16.0. The minimum absolute atomic E-state index is 0.606. The van der Waals surface area contributed by atoms with Gasteiger partial charge in [-0.05, 0) is 23.1 Å². The Bertz CT molecular complexity index is 721. The maximum atomic E-state index is 6.11. The number of aromatic nitrogens is 1. The average molecular weight is 249 g/mol. The minimum Gasteiger partial charge on any atom is -0.397 e. The van der Waals surface area contributed by atoms with Gasteiger partial charge < -0.3 is 11.5 Å². The molecule has 1 heterocycles. The summed E-state index contributed by atoms with van der Waals surface area (Å²) >= 11 is 0. The molecular weight excluding hydrogens is 234 g/mol. The zero-order chi connectivity index (χ0) is 13.2. The van der Waals surface area contributed by atoms with Crippen molar-refractivity contribution in [2.75, 3.05) is 11.5 Å². The number of benzene rings is 2. The second-order valence-corrected chi connectivity index (χ2v) is 4.59. The van der Waals surface area contributed by atoms with Crippen LogP contribution in [0.5, 0.6) is 0 Å². The number of nitrogens with zero attached hydrogens (tertiary/aromatic N) is 1. The molecule has 0 saturated carbocycles. The van der Waals surface area contributed by atoms with Gasteiger partial charge in [0.1, 0.15) is 0 Å². The predicted octanol–water partition coefficient (Wildman–Crippen LogP) is 2.99. The fraction of sp³-hybridized carbons (Fsp3) is 0.0625. The van der Waals surface area contributed by atoms with Gasteiger partial charge in [0.05, 0.1) is 17.1 Å². The van der Waals surface area contributed by atoms with Gasteiger partial charge in [-0.1, -0.05) is 36.4 Å². The summed E-state index contributed by atoms with van der Waals surface area (Å²) in [4.78, 5) is 4.47. The summed E-state index contributed by atoms with van der Waals surface area (Å²) < 4.78 is 0. The second-order valence-electron chi connectivity index (χ2n) is 4.59. The Kier molecular flexibility index (Phi) is 2.80. The standard InChI is InChI=1S/C16H15N3/c17-13-7-6-12-8-9-19-14(15(12)16(13)18)10-11-4-2-1-3-5-11/h1-9H,10,17-18H2. The Morgan fingerprint density at radius 1 is 0.895 bits per heavy atom. The van der Waals surface area contributed by atoms with Crippen LogP contribution in [0.1, 0.15) is 11.3 Å². The van der Waals surface area contributed by atoms with Gasteiger partial charge in [-0.3, -0.25) is 4.98 Å². The Labute approximate surface area is 111 Å². The van der Waals surface area contributed by atoms with Gasteiger partial charge in [-0.2, -0.15) is 0 Å². The normalized spacial score (nSPS) is 10.7. The molecule has 0 aliphatic rings. The fourth-order valence-electron chi connectivity index (χ4n) is 2.31. The number of nitrogen functional groups attached to an aromatic ring is 2. The molecule has 94 valence electrons. The second kappa shape index (κ2) is 4.61. The third-order valence-corrected chi connectivity index (χ3v) is 3.30. The van der Waals surface area contributed by atoms with E-state index in [2.05, 4.69) is 17.1 Å². The van der Waals surface area contributed by atoms with Crippen LogP contribution in [0.15, 0.2) is 54.7 Å². The molecule has 0 spiro atoms. The number of hydrogen-bond donors (Lipinski definition) is 2. The van der Waals surface area contributed by atoms with E-state index < -0.39 is 0 Å². The van der Waals surface area contributed by atoms with Crippen LogP contribution >= 0.6 is 0 Å². The van der Waals surface area contributed by atoms with Crippen molar-refractivity contribution in [3.63, 3.8) is 0 Å². The van der Waals surface area contributed by atoms with Gasteiger partial charge in [-0.25, -0.2) is 0 Å². The first kappa shape index (κ1) is 11.5. The lowest BCUT2D eigenvalue weighted by Gasteiger charge is -2.10. The fourth-order valence-corrected chi connectivity index (χ4v) is 2.31. The summed E-state index contributed by atoms with van der Waals surface area (Å²) in [5.74, 6) is 0. The van der Waals surface area contributed by atoms with Crippen LogP contribution in [0.4, 0.5) is 11.4 Å². The highest BCUT2D eigenvalue weighted by Gasteiger charge is 2.08. The van der Waals surface area contributed by atoms with Crippen LogP contribution in [0.25, 0.3) is 10.8 Å². The average Bonchev–Trinajstić information content (AvgIpc) is 2.44. The molecule has 0 aliphatic heterocycles. The summed E-state index contributed by atoms with van der Waals surface area (Å²) in [7, 11) is 0. The van der Waals surface area contributed by atoms with E-state index in [0.717, 1.165) is 22.9 Å². The summed E-state index contributed by atoms with van der Waals surface area (Å²) in [6.45, 7) is 0. The third-order valence-electron chi connectivity index (χ3n) is 3.30. The van der Waals surface area contributed by atoms with Crippen molar-refractivity contribution in [2.45, 2.75) is 6.42 Å². The number of rotatable bonds is 2. The largest absolute Gasteiger partial charge is 0.397 e. The molecule has 0 saturated heterocycles. The zero-order valence-corrected chi connectivity index (χ0v) is 10.5. The molecule has 0 amide bonds. The molecule has 19 heavy (non-hydrogen) atoms. The number of hydrogen-bond acceptors (Lipinski definition) is 3. The Hall–Kier alpha value is -2.55. The van der Waals surface area contributed by atoms with Crippen molar-refractivity contribution in [1.29, 1.82) is 0 Å². The molecule has 0 atom stereocenters. The smallest absolute Gasteiger partial charge is 0.0646 e. The number of fused-ring (bicyclic) bond motifs is 1. The Balaban J connectivity index is 2.16. The molecule has 0 aliphatic carbocycles. The van der Waals surface area contributed by atoms with Gasteiger partial charge >= 0.3 is 0 Å². The number of nitrogens with two attached hydrogens (primary N) is 2. The van der Waals surface area contributed by atoms with Crippen molar-refractivity contribution in [3.8, 4) is 0 Å². The van der Waals surface area contributed by atoms with Crippen LogP contribution in [-0.4, -0.2) is 4.98 Å². The first-order valence-electron chi connectivity index (χ1n) is 6.21. The lowest BCUT2D eigenvalue weighted by atomic mass is 10.0. The van der Waals surface area contributed by atoms with E-state index in [9.17, 15) is 0 Å². The van der Waals surface area contributed by atoms with E-state index in [1.165, 1.54) is 5.56 Å². The molecular formula is C16H15N3. The van der Waals surface area contributed by atoms with Gasteiger partial charge in [0, 0.05) is 18.0 Å². The first-order valence-corrected chi connectivity index (χ1v) is 6.21. The van der Waals surface area contributed by atoms with Gasteiger partial charge in [0.2, 0.25) is 0 Å². The van der Waals surface area contributed by atoms with Crippen molar-refractivity contribution >= 4 is 22.1 Å². The van der Waals surface area contributed by atoms with E-state index in [0.29, 0.717) is 11.4 Å². The monoisotopic (exact) mass is 249 g/mol. The van der Waals surface area contributed by atoms with Crippen LogP contribution in [0.2, 0.25) is 0 Å². The van der Waals surface area contributed by atoms with Crippen LogP contribution in [0, 0.1) is 0 Å². The molecule has 3 rings (SSSR count). The number of pyridine rings is 1. The van der Waals surface area contributed by atoms with Crippen LogP contribution in [-0.2, 0) is 6.42 Å². The molecule has 4 N–H and O–H groups in total. The molecule has 3 heteroatoms. The van der Waals surface area contributed by atoms with E-state index in [-0.39, 0.29) is 0 Å². The van der Waals surface area contributed by atoms with E-state index in [1.54, 1.807) is 0 Å². The topological polar surface area (TPSA) is 64.9 Å². The highest BCUT2D eigenvalue weighted by Crippen LogP contribution is 2.29. The molecule has 0 unspecified atom stereocenters. The third kappa shape index (κ3) is 2.10. The van der Waals surface area contributed by atoms with E-state index >= 15 is 0 Å². The van der Waals surface area contributed by atoms with Crippen molar-refractivity contribution in [3.05, 3.63) is 66.0 Å². The zero-order valence-electron chi connectivity index (χ0n) is 10.5.